The highest BCUT2D eigenvalue weighted by Gasteiger charge is 2.21. The number of carbonyl (C=O) groups excluding carboxylic acids is 1. The molecule has 2 rings (SSSR count). The number of carbonyl (C=O) groups is 2. The molecule has 8 heteroatoms. The third kappa shape index (κ3) is 2.90. The van der Waals surface area contributed by atoms with Crippen molar-refractivity contribution < 1.29 is 24.4 Å². The summed E-state index contributed by atoms with van der Waals surface area (Å²) in [5.74, 6) is -0.955. The Labute approximate surface area is 125 Å². The molecule has 0 fully saturated rings. The van der Waals surface area contributed by atoms with E-state index in [1.165, 1.54) is 30.0 Å². The minimum Gasteiger partial charge on any atom is -0.496 e. The average Bonchev–Trinajstić information content (AvgIpc) is 2.90. The number of non-ortho nitro benzene ring substituents is 1. The van der Waals surface area contributed by atoms with Crippen molar-refractivity contribution in [1.82, 2.24) is 4.57 Å². The van der Waals surface area contributed by atoms with E-state index in [1.54, 1.807) is 6.07 Å². The zero-order chi connectivity index (χ0) is 16.3. The first-order valence-corrected chi connectivity index (χ1v) is 6.53. The smallest absolute Gasteiger partial charge is 0.303 e. The molecule has 0 amide bonds. The molecule has 0 bridgehead atoms. The van der Waals surface area contributed by atoms with Crippen molar-refractivity contribution >= 4 is 28.5 Å². The van der Waals surface area contributed by atoms with Gasteiger partial charge < -0.3 is 9.84 Å². The summed E-state index contributed by atoms with van der Waals surface area (Å²) in [6.45, 7) is 0. The number of carboxylic acids is 1. The van der Waals surface area contributed by atoms with Crippen LogP contribution in [0.3, 0.4) is 0 Å². The van der Waals surface area contributed by atoms with E-state index in [2.05, 4.69) is 0 Å². The van der Waals surface area contributed by atoms with E-state index < -0.39 is 16.8 Å². The molecule has 22 heavy (non-hydrogen) atoms. The largest absolute Gasteiger partial charge is 0.496 e. The van der Waals surface area contributed by atoms with Crippen LogP contribution in [0.2, 0.25) is 0 Å². The molecule has 0 aliphatic carbocycles. The molecule has 0 aliphatic heterocycles. The fraction of sp³-hybridized carbons (Fsp3) is 0.286. The predicted molar refractivity (Wildman–Crippen MR) is 77.3 cm³/mol. The van der Waals surface area contributed by atoms with E-state index in [1.807, 2.05) is 0 Å². The van der Waals surface area contributed by atoms with Crippen LogP contribution in [0.4, 0.5) is 5.69 Å². The van der Waals surface area contributed by atoms with E-state index in [0.717, 1.165) is 0 Å². The number of hydrogen-bond donors (Lipinski definition) is 1. The van der Waals surface area contributed by atoms with Crippen LogP contribution in [0.1, 0.15) is 24.1 Å². The van der Waals surface area contributed by atoms with Crippen molar-refractivity contribution in [3.63, 3.8) is 0 Å². The monoisotopic (exact) mass is 306 g/mol. The van der Waals surface area contributed by atoms with Gasteiger partial charge in [0.15, 0.2) is 0 Å². The first-order valence-electron chi connectivity index (χ1n) is 6.53. The number of nitro benzene ring substituents is 1. The number of nitro groups is 1. The minimum atomic E-state index is -0.988. The molecule has 1 N–H and O–H groups in total. The second kappa shape index (κ2) is 6.25. The number of benzene rings is 1. The number of carboxylic acid groups (broad SMARTS) is 1. The van der Waals surface area contributed by atoms with Crippen LogP contribution in [0, 0.1) is 10.1 Å². The molecule has 116 valence electrons. The standard InChI is InChI=1S/C14H14N2O6/c1-22-11-6-5-10(16(20)21)14-9(11)7-8-15(14)12(17)3-2-4-13(18)19/h5-8H,2-4H2,1H3,(H,18,19). The van der Waals surface area contributed by atoms with Crippen molar-refractivity contribution in [3.05, 3.63) is 34.5 Å². The molecule has 0 radical (unpaired) electrons. The highest BCUT2D eigenvalue weighted by molar-refractivity contribution is 6.00. The molecule has 1 aromatic carbocycles. The van der Waals surface area contributed by atoms with E-state index in [0.29, 0.717) is 11.1 Å². The summed E-state index contributed by atoms with van der Waals surface area (Å²) >= 11 is 0. The zero-order valence-corrected chi connectivity index (χ0v) is 11.8. The Morgan fingerprint density at radius 3 is 2.64 bits per heavy atom. The summed E-state index contributed by atoms with van der Waals surface area (Å²) in [6, 6.07) is 4.32. The first kappa shape index (κ1) is 15.5. The van der Waals surface area contributed by atoms with E-state index in [-0.39, 0.29) is 30.5 Å². The molecule has 0 aliphatic rings. The molecular weight excluding hydrogens is 292 g/mol. The van der Waals surface area contributed by atoms with Gasteiger partial charge in [0.25, 0.3) is 5.69 Å². The quantitative estimate of drug-likeness (QED) is 0.648. The molecular formula is C14H14N2O6. The predicted octanol–water partition coefficient (Wildman–Crippen LogP) is 2.45. The van der Waals surface area contributed by atoms with E-state index in [9.17, 15) is 19.7 Å². The van der Waals surface area contributed by atoms with E-state index >= 15 is 0 Å². The number of hydrogen-bond acceptors (Lipinski definition) is 5. The molecule has 2 aromatic rings. The summed E-state index contributed by atoms with van der Waals surface area (Å²) in [5, 5.41) is 20.2. The Balaban J connectivity index is 2.44. The Bertz CT molecular complexity index is 749. The lowest BCUT2D eigenvalue weighted by molar-refractivity contribution is -0.383. The van der Waals surface area contributed by atoms with Gasteiger partial charge in [-0.05, 0) is 18.6 Å². The molecule has 0 unspecified atom stereocenters. The van der Waals surface area contributed by atoms with Crippen LogP contribution in [0.15, 0.2) is 24.4 Å². The SMILES string of the molecule is COc1ccc([N+](=O)[O-])c2c1ccn2C(=O)CCCC(=O)O. The number of ether oxygens (including phenoxy) is 1. The summed E-state index contributed by atoms with van der Waals surface area (Å²) in [6.07, 6.45) is 1.47. The Morgan fingerprint density at radius 1 is 1.32 bits per heavy atom. The second-order valence-electron chi connectivity index (χ2n) is 4.63. The molecule has 8 nitrogen and oxygen atoms in total. The Hall–Kier alpha value is -2.90. The number of nitrogens with zero attached hydrogens (tertiary/aromatic N) is 2. The fourth-order valence-electron chi connectivity index (χ4n) is 2.26. The summed E-state index contributed by atoms with van der Waals surface area (Å²) in [4.78, 5) is 33.3. The Kier molecular flexibility index (Phi) is 4.40. The fourth-order valence-corrected chi connectivity index (χ4v) is 2.26. The molecule has 1 aromatic heterocycles. The second-order valence-corrected chi connectivity index (χ2v) is 4.63. The summed E-state index contributed by atoms with van der Waals surface area (Å²) in [7, 11) is 1.44. The number of aliphatic carboxylic acids is 1. The lowest BCUT2D eigenvalue weighted by atomic mass is 10.2. The maximum atomic E-state index is 12.2. The van der Waals surface area contributed by atoms with Crippen molar-refractivity contribution in [3.8, 4) is 5.75 Å². The van der Waals surface area contributed by atoms with Crippen LogP contribution in [-0.4, -0.2) is 33.6 Å². The molecule has 0 spiro atoms. The normalized spacial score (nSPS) is 10.6. The Morgan fingerprint density at radius 2 is 2.05 bits per heavy atom. The maximum Gasteiger partial charge on any atom is 0.303 e. The number of fused-ring (bicyclic) bond motifs is 1. The van der Waals surface area contributed by atoms with Crippen molar-refractivity contribution in [2.75, 3.05) is 7.11 Å². The molecule has 0 saturated carbocycles. The maximum absolute atomic E-state index is 12.2. The minimum absolute atomic E-state index is 0.00948. The summed E-state index contributed by atoms with van der Waals surface area (Å²) < 4.78 is 6.32. The van der Waals surface area contributed by atoms with Gasteiger partial charge in [0.2, 0.25) is 5.91 Å². The van der Waals surface area contributed by atoms with Gasteiger partial charge in [-0.1, -0.05) is 0 Å². The van der Waals surface area contributed by atoms with Crippen LogP contribution >= 0.6 is 0 Å². The number of methoxy groups -OCH3 is 1. The number of aromatic nitrogens is 1. The van der Waals surface area contributed by atoms with Gasteiger partial charge in [-0.3, -0.25) is 24.3 Å². The lowest BCUT2D eigenvalue weighted by Crippen LogP contribution is -2.10. The third-order valence-corrected chi connectivity index (χ3v) is 3.25. The van der Waals surface area contributed by atoms with Gasteiger partial charge in [-0.2, -0.15) is 0 Å². The zero-order valence-electron chi connectivity index (χ0n) is 11.8. The van der Waals surface area contributed by atoms with Gasteiger partial charge >= 0.3 is 5.97 Å². The van der Waals surface area contributed by atoms with Crippen molar-refractivity contribution in [2.45, 2.75) is 19.3 Å². The van der Waals surface area contributed by atoms with Crippen molar-refractivity contribution in [2.24, 2.45) is 0 Å². The first-order chi connectivity index (χ1) is 10.5. The average molecular weight is 306 g/mol. The van der Waals surface area contributed by atoms with Gasteiger partial charge in [0, 0.05) is 30.5 Å². The van der Waals surface area contributed by atoms with Crippen LogP contribution < -0.4 is 4.74 Å². The summed E-state index contributed by atoms with van der Waals surface area (Å²) in [5.41, 5.74) is -0.0444. The lowest BCUT2D eigenvalue weighted by Gasteiger charge is -2.06. The highest BCUT2D eigenvalue weighted by atomic mass is 16.6. The van der Waals surface area contributed by atoms with Gasteiger partial charge in [-0.15, -0.1) is 0 Å². The molecule has 0 atom stereocenters. The molecule has 0 saturated heterocycles. The van der Waals surface area contributed by atoms with Gasteiger partial charge in [-0.25, -0.2) is 0 Å². The third-order valence-electron chi connectivity index (χ3n) is 3.25. The van der Waals surface area contributed by atoms with Gasteiger partial charge in [0.1, 0.15) is 11.3 Å². The van der Waals surface area contributed by atoms with Crippen molar-refractivity contribution in [1.29, 1.82) is 0 Å². The topological polar surface area (TPSA) is 112 Å². The number of rotatable bonds is 6. The van der Waals surface area contributed by atoms with Crippen LogP contribution in [0.25, 0.3) is 10.9 Å². The van der Waals surface area contributed by atoms with Gasteiger partial charge in [0.05, 0.1) is 12.0 Å². The highest BCUT2D eigenvalue weighted by Crippen LogP contribution is 2.33. The van der Waals surface area contributed by atoms with Crippen LogP contribution in [-0.2, 0) is 4.79 Å². The molecule has 1 heterocycles. The van der Waals surface area contributed by atoms with E-state index in [4.69, 9.17) is 9.84 Å². The van der Waals surface area contributed by atoms with Crippen LogP contribution in [0.5, 0.6) is 5.75 Å².